The van der Waals surface area contributed by atoms with Crippen molar-refractivity contribution in [3.05, 3.63) is 41.0 Å². The van der Waals surface area contributed by atoms with Gasteiger partial charge in [0.25, 0.3) is 0 Å². The highest BCUT2D eigenvalue weighted by atomic mass is 35.5. The standard InChI is InChI=1S/C22H30ClN5O3/c1-24-22(27-16-10-13-28(14-16)21-17(23)6-5-11-25-21)26-12-9-15-7-8-18(29-2)20(31-4)19(15)30-3/h5-8,11,16H,9-10,12-14H2,1-4H3,(H2,24,26,27). The van der Waals surface area contributed by atoms with E-state index in [-0.39, 0.29) is 6.04 Å². The largest absolute Gasteiger partial charge is 0.493 e. The molecule has 0 spiro atoms. The molecule has 2 heterocycles. The van der Waals surface area contributed by atoms with E-state index in [0.717, 1.165) is 43.3 Å². The molecular weight excluding hydrogens is 418 g/mol. The highest BCUT2D eigenvalue weighted by Gasteiger charge is 2.25. The van der Waals surface area contributed by atoms with Crippen molar-refractivity contribution in [2.75, 3.05) is 52.9 Å². The Morgan fingerprint density at radius 3 is 2.68 bits per heavy atom. The molecule has 9 heteroatoms. The molecule has 1 aromatic carbocycles. The summed E-state index contributed by atoms with van der Waals surface area (Å²) in [6.45, 7) is 2.41. The van der Waals surface area contributed by atoms with Gasteiger partial charge in [-0.05, 0) is 31.0 Å². The van der Waals surface area contributed by atoms with Gasteiger partial charge in [-0.25, -0.2) is 4.98 Å². The Morgan fingerprint density at radius 1 is 1.19 bits per heavy atom. The summed E-state index contributed by atoms with van der Waals surface area (Å²) in [4.78, 5) is 11.0. The van der Waals surface area contributed by atoms with Gasteiger partial charge in [-0.2, -0.15) is 0 Å². The van der Waals surface area contributed by atoms with Crippen LogP contribution in [0.15, 0.2) is 35.5 Å². The second-order valence-corrected chi connectivity index (χ2v) is 7.53. The van der Waals surface area contributed by atoms with Gasteiger partial charge in [-0.15, -0.1) is 0 Å². The van der Waals surface area contributed by atoms with Gasteiger partial charge in [-0.1, -0.05) is 17.7 Å². The lowest BCUT2D eigenvalue weighted by atomic mass is 10.1. The Hall–Kier alpha value is -2.87. The van der Waals surface area contributed by atoms with Crippen LogP contribution in [-0.4, -0.2) is 65.0 Å². The first-order valence-corrected chi connectivity index (χ1v) is 10.6. The molecule has 0 aliphatic carbocycles. The summed E-state index contributed by atoms with van der Waals surface area (Å²) >= 11 is 6.29. The van der Waals surface area contributed by atoms with E-state index in [1.807, 2.05) is 24.3 Å². The first-order valence-electron chi connectivity index (χ1n) is 10.2. The molecule has 1 fully saturated rings. The third-order valence-electron chi connectivity index (χ3n) is 5.26. The van der Waals surface area contributed by atoms with Crippen LogP contribution in [0.25, 0.3) is 0 Å². The van der Waals surface area contributed by atoms with E-state index in [4.69, 9.17) is 25.8 Å². The molecule has 1 aromatic heterocycles. The van der Waals surface area contributed by atoms with Crippen molar-refractivity contribution in [1.29, 1.82) is 0 Å². The smallest absolute Gasteiger partial charge is 0.203 e. The fourth-order valence-corrected chi connectivity index (χ4v) is 3.99. The van der Waals surface area contributed by atoms with E-state index in [0.29, 0.717) is 28.8 Å². The van der Waals surface area contributed by atoms with Crippen molar-refractivity contribution in [1.82, 2.24) is 15.6 Å². The number of benzene rings is 1. The topological polar surface area (TPSA) is 80.2 Å². The van der Waals surface area contributed by atoms with Crippen molar-refractivity contribution in [2.24, 2.45) is 4.99 Å². The van der Waals surface area contributed by atoms with E-state index in [1.165, 1.54) is 0 Å². The number of guanidine groups is 1. The molecule has 1 aliphatic rings. The molecule has 0 amide bonds. The minimum Gasteiger partial charge on any atom is -0.493 e. The number of halogens is 1. The molecule has 168 valence electrons. The van der Waals surface area contributed by atoms with Crippen LogP contribution in [-0.2, 0) is 6.42 Å². The Kier molecular flexibility index (Phi) is 8.06. The van der Waals surface area contributed by atoms with Crippen LogP contribution in [0.2, 0.25) is 5.02 Å². The number of aromatic nitrogens is 1. The molecule has 1 atom stereocenters. The van der Waals surface area contributed by atoms with Crippen molar-refractivity contribution < 1.29 is 14.2 Å². The number of nitrogens with one attached hydrogen (secondary N) is 2. The molecule has 0 radical (unpaired) electrons. The van der Waals surface area contributed by atoms with Crippen molar-refractivity contribution >= 4 is 23.4 Å². The van der Waals surface area contributed by atoms with Crippen LogP contribution >= 0.6 is 11.6 Å². The molecule has 1 aliphatic heterocycles. The predicted octanol–water partition coefficient (Wildman–Crippen LogP) is 2.75. The quantitative estimate of drug-likeness (QED) is 0.475. The molecule has 2 N–H and O–H groups in total. The number of aliphatic imine (C=N–C) groups is 1. The Labute approximate surface area is 188 Å². The van der Waals surface area contributed by atoms with Gasteiger partial charge in [0.05, 0.1) is 26.4 Å². The maximum atomic E-state index is 6.29. The van der Waals surface area contributed by atoms with Crippen LogP contribution in [0.1, 0.15) is 12.0 Å². The fraction of sp³-hybridized carbons (Fsp3) is 0.455. The maximum Gasteiger partial charge on any atom is 0.203 e. The van der Waals surface area contributed by atoms with E-state index < -0.39 is 0 Å². The predicted molar refractivity (Wildman–Crippen MR) is 124 cm³/mol. The summed E-state index contributed by atoms with van der Waals surface area (Å²) in [7, 11) is 6.63. The molecule has 3 rings (SSSR count). The number of hydrogen-bond acceptors (Lipinski definition) is 6. The summed E-state index contributed by atoms with van der Waals surface area (Å²) in [5.41, 5.74) is 1.03. The zero-order valence-electron chi connectivity index (χ0n) is 18.4. The normalized spacial score (nSPS) is 16.2. The number of hydrogen-bond donors (Lipinski definition) is 2. The van der Waals surface area contributed by atoms with Gasteiger partial charge in [0.15, 0.2) is 17.5 Å². The number of nitrogens with zero attached hydrogens (tertiary/aromatic N) is 3. The third kappa shape index (κ3) is 5.44. The second-order valence-electron chi connectivity index (χ2n) is 7.13. The minimum absolute atomic E-state index is 0.264. The molecule has 0 bridgehead atoms. The van der Waals surface area contributed by atoms with E-state index in [1.54, 1.807) is 34.6 Å². The van der Waals surface area contributed by atoms with Crippen LogP contribution in [0.5, 0.6) is 17.2 Å². The Balaban J connectivity index is 1.54. The summed E-state index contributed by atoms with van der Waals surface area (Å²) in [5.74, 6) is 3.53. The average molecular weight is 448 g/mol. The second kappa shape index (κ2) is 10.9. The SMILES string of the molecule is CN=C(NCCc1ccc(OC)c(OC)c1OC)NC1CCN(c2ncccc2Cl)C1. The number of ether oxygens (including phenoxy) is 3. The lowest BCUT2D eigenvalue weighted by Crippen LogP contribution is -2.45. The van der Waals surface area contributed by atoms with Crippen LogP contribution in [0.4, 0.5) is 5.82 Å². The summed E-state index contributed by atoms with van der Waals surface area (Å²) in [6.07, 6.45) is 3.49. The first kappa shape index (κ1) is 22.8. The van der Waals surface area contributed by atoms with E-state index in [2.05, 4.69) is 25.5 Å². The van der Waals surface area contributed by atoms with E-state index in [9.17, 15) is 0 Å². The van der Waals surface area contributed by atoms with E-state index >= 15 is 0 Å². The lowest BCUT2D eigenvalue weighted by molar-refractivity contribution is 0.322. The van der Waals surface area contributed by atoms with Crippen molar-refractivity contribution in [3.63, 3.8) is 0 Å². The molecule has 8 nitrogen and oxygen atoms in total. The van der Waals surface area contributed by atoms with Crippen LogP contribution in [0, 0.1) is 0 Å². The van der Waals surface area contributed by atoms with Gasteiger partial charge in [0.1, 0.15) is 5.82 Å². The van der Waals surface area contributed by atoms with Crippen molar-refractivity contribution in [2.45, 2.75) is 18.9 Å². The number of methoxy groups -OCH3 is 3. The maximum absolute atomic E-state index is 6.29. The average Bonchev–Trinajstić information content (AvgIpc) is 3.26. The zero-order valence-corrected chi connectivity index (χ0v) is 19.2. The number of rotatable bonds is 8. The minimum atomic E-state index is 0.264. The van der Waals surface area contributed by atoms with Gasteiger partial charge < -0.3 is 29.7 Å². The molecular formula is C22H30ClN5O3. The summed E-state index contributed by atoms with van der Waals surface area (Å²) in [5, 5.41) is 7.55. The van der Waals surface area contributed by atoms with Gasteiger partial charge in [-0.3, -0.25) is 4.99 Å². The Morgan fingerprint density at radius 2 is 2.00 bits per heavy atom. The summed E-state index contributed by atoms with van der Waals surface area (Å²) < 4.78 is 16.4. The van der Waals surface area contributed by atoms with Crippen LogP contribution in [0.3, 0.4) is 0 Å². The first-order chi connectivity index (χ1) is 15.1. The van der Waals surface area contributed by atoms with Gasteiger partial charge in [0.2, 0.25) is 5.75 Å². The zero-order chi connectivity index (χ0) is 22.2. The summed E-state index contributed by atoms with van der Waals surface area (Å²) in [6, 6.07) is 7.85. The Bertz CT molecular complexity index is 909. The van der Waals surface area contributed by atoms with Gasteiger partial charge >= 0.3 is 0 Å². The number of anilines is 1. The van der Waals surface area contributed by atoms with Crippen LogP contribution < -0.4 is 29.7 Å². The lowest BCUT2D eigenvalue weighted by Gasteiger charge is -2.20. The molecule has 1 saturated heterocycles. The fourth-order valence-electron chi connectivity index (χ4n) is 3.74. The third-order valence-corrected chi connectivity index (χ3v) is 5.56. The molecule has 2 aromatic rings. The molecule has 1 unspecified atom stereocenters. The highest BCUT2D eigenvalue weighted by Crippen LogP contribution is 2.39. The van der Waals surface area contributed by atoms with Gasteiger partial charge in [0, 0.05) is 44.5 Å². The molecule has 31 heavy (non-hydrogen) atoms. The molecule has 0 saturated carbocycles. The highest BCUT2D eigenvalue weighted by molar-refractivity contribution is 6.32. The van der Waals surface area contributed by atoms with Crippen molar-refractivity contribution in [3.8, 4) is 17.2 Å². The number of pyridine rings is 1. The monoisotopic (exact) mass is 447 g/mol.